The number of carbonyl (C=O) groups is 2. The summed E-state index contributed by atoms with van der Waals surface area (Å²) in [5.41, 5.74) is 0. The van der Waals surface area contributed by atoms with Crippen LogP contribution >= 0.6 is 12.1 Å². The standard InChI is InChI=1S/C10H19N3O2S/c1-7(2)12(8(3)4)16-13-9(14)6-11(5)10(13)15/h7-8H,6H2,1-5H3. The predicted octanol–water partition coefficient (Wildman–Crippen LogP) is 1.56. The molecule has 16 heavy (non-hydrogen) atoms. The number of urea groups is 1. The first-order chi connectivity index (χ1) is 7.34. The van der Waals surface area contributed by atoms with Crippen molar-refractivity contribution in [2.45, 2.75) is 39.8 Å². The van der Waals surface area contributed by atoms with Gasteiger partial charge in [0.15, 0.2) is 0 Å². The van der Waals surface area contributed by atoms with Crippen molar-refractivity contribution in [1.82, 2.24) is 13.5 Å². The van der Waals surface area contributed by atoms with Crippen molar-refractivity contribution >= 4 is 24.1 Å². The fourth-order valence-electron chi connectivity index (χ4n) is 1.56. The van der Waals surface area contributed by atoms with Gasteiger partial charge in [-0.15, -0.1) is 0 Å². The molecule has 0 spiro atoms. The van der Waals surface area contributed by atoms with E-state index in [1.807, 2.05) is 32.0 Å². The highest BCUT2D eigenvalue weighted by atomic mass is 32.2. The second kappa shape index (κ2) is 5.05. The second-order valence-electron chi connectivity index (χ2n) is 4.46. The van der Waals surface area contributed by atoms with Crippen molar-refractivity contribution in [3.8, 4) is 0 Å². The van der Waals surface area contributed by atoms with Gasteiger partial charge in [-0.2, -0.15) is 4.31 Å². The molecule has 92 valence electrons. The highest BCUT2D eigenvalue weighted by molar-refractivity contribution is 7.95. The van der Waals surface area contributed by atoms with E-state index >= 15 is 0 Å². The molecule has 0 unspecified atom stereocenters. The van der Waals surface area contributed by atoms with Crippen molar-refractivity contribution in [2.24, 2.45) is 0 Å². The molecule has 0 radical (unpaired) electrons. The number of imide groups is 1. The Kier molecular flexibility index (Phi) is 4.21. The second-order valence-corrected chi connectivity index (χ2v) is 5.41. The monoisotopic (exact) mass is 245 g/mol. The van der Waals surface area contributed by atoms with E-state index in [0.717, 1.165) is 0 Å². The maximum Gasteiger partial charge on any atom is 0.338 e. The summed E-state index contributed by atoms with van der Waals surface area (Å²) in [6.45, 7) is 8.35. The normalized spacial score (nSPS) is 17.5. The summed E-state index contributed by atoms with van der Waals surface area (Å²) >= 11 is 1.21. The lowest BCUT2D eigenvalue weighted by molar-refractivity contribution is -0.121. The molecule has 0 aromatic carbocycles. The summed E-state index contributed by atoms with van der Waals surface area (Å²) < 4.78 is 3.27. The zero-order chi connectivity index (χ0) is 12.5. The van der Waals surface area contributed by atoms with Gasteiger partial charge < -0.3 is 4.90 Å². The highest BCUT2D eigenvalue weighted by Crippen LogP contribution is 2.26. The van der Waals surface area contributed by atoms with E-state index in [0.29, 0.717) is 0 Å². The van der Waals surface area contributed by atoms with Crippen molar-refractivity contribution in [3.63, 3.8) is 0 Å². The van der Waals surface area contributed by atoms with Gasteiger partial charge in [0.2, 0.25) is 0 Å². The maximum atomic E-state index is 11.7. The Morgan fingerprint density at radius 2 is 1.69 bits per heavy atom. The number of rotatable bonds is 4. The molecule has 1 fully saturated rings. The molecular weight excluding hydrogens is 226 g/mol. The highest BCUT2D eigenvalue weighted by Gasteiger charge is 2.36. The van der Waals surface area contributed by atoms with Crippen LogP contribution < -0.4 is 0 Å². The molecule has 3 amide bonds. The van der Waals surface area contributed by atoms with E-state index in [1.54, 1.807) is 7.05 Å². The molecule has 0 saturated carbocycles. The SMILES string of the molecule is CC(C)N(SN1C(=O)CN(C)C1=O)C(C)C. The Bertz CT molecular complexity index is 286. The molecule has 1 aliphatic heterocycles. The number of amides is 3. The molecule has 0 aromatic heterocycles. The van der Waals surface area contributed by atoms with Gasteiger partial charge >= 0.3 is 6.03 Å². The van der Waals surface area contributed by atoms with Crippen LogP contribution in [0.2, 0.25) is 0 Å². The summed E-state index contributed by atoms with van der Waals surface area (Å²) in [6.07, 6.45) is 0. The van der Waals surface area contributed by atoms with E-state index in [-0.39, 0.29) is 30.6 Å². The molecule has 1 rings (SSSR count). The number of hydrogen-bond acceptors (Lipinski definition) is 4. The fraction of sp³-hybridized carbons (Fsp3) is 0.800. The third-order valence-electron chi connectivity index (χ3n) is 2.29. The number of nitrogens with zero attached hydrogens (tertiary/aromatic N) is 3. The van der Waals surface area contributed by atoms with Crippen molar-refractivity contribution in [2.75, 3.05) is 13.6 Å². The summed E-state index contributed by atoms with van der Waals surface area (Å²) in [4.78, 5) is 24.7. The Balaban J connectivity index is 2.72. The summed E-state index contributed by atoms with van der Waals surface area (Å²) in [5, 5.41) is 0. The molecule has 0 atom stereocenters. The van der Waals surface area contributed by atoms with E-state index in [4.69, 9.17) is 0 Å². The zero-order valence-electron chi connectivity index (χ0n) is 10.4. The lowest BCUT2D eigenvalue weighted by atomic mass is 10.3. The average Bonchev–Trinajstić information content (AvgIpc) is 2.38. The van der Waals surface area contributed by atoms with Crippen molar-refractivity contribution in [3.05, 3.63) is 0 Å². The summed E-state index contributed by atoms with van der Waals surface area (Å²) in [7, 11) is 1.63. The van der Waals surface area contributed by atoms with Gasteiger partial charge in [0, 0.05) is 19.1 Å². The largest absolute Gasteiger partial charge is 0.338 e. The Labute approximate surface area is 101 Å². The van der Waals surface area contributed by atoms with Crippen LogP contribution in [0.3, 0.4) is 0 Å². The molecule has 0 N–H and O–H groups in total. The lowest BCUT2D eigenvalue weighted by Gasteiger charge is -2.30. The van der Waals surface area contributed by atoms with Gasteiger partial charge in [-0.3, -0.25) is 4.79 Å². The minimum absolute atomic E-state index is 0.149. The smallest absolute Gasteiger partial charge is 0.317 e. The Morgan fingerprint density at radius 3 is 2.00 bits per heavy atom. The number of carbonyl (C=O) groups excluding carboxylic acids is 2. The molecule has 1 aliphatic rings. The van der Waals surface area contributed by atoms with Crippen molar-refractivity contribution < 1.29 is 9.59 Å². The quantitative estimate of drug-likeness (QED) is 0.557. The van der Waals surface area contributed by atoms with E-state index in [2.05, 4.69) is 0 Å². The minimum atomic E-state index is -0.235. The molecule has 0 bridgehead atoms. The first-order valence-electron chi connectivity index (χ1n) is 5.39. The van der Waals surface area contributed by atoms with Crippen LogP contribution in [-0.4, -0.2) is 51.1 Å². The summed E-state index contributed by atoms with van der Waals surface area (Å²) in [5.74, 6) is -0.149. The predicted molar refractivity (Wildman–Crippen MR) is 64.6 cm³/mol. The summed E-state index contributed by atoms with van der Waals surface area (Å²) in [6, 6.07) is 0.314. The Hall–Kier alpha value is -0.750. The van der Waals surface area contributed by atoms with Crippen LogP contribution in [0.25, 0.3) is 0 Å². The van der Waals surface area contributed by atoms with E-state index in [1.165, 1.54) is 21.3 Å². The van der Waals surface area contributed by atoms with Crippen LogP contribution in [0.1, 0.15) is 27.7 Å². The molecular formula is C10H19N3O2S. The maximum absolute atomic E-state index is 11.7. The number of hydrogen-bond donors (Lipinski definition) is 0. The van der Waals surface area contributed by atoms with Crippen LogP contribution in [0.15, 0.2) is 0 Å². The molecule has 0 aliphatic carbocycles. The van der Waals surface area contributed by atoms with Gasteiger partial charge in [-0.25, -0.2) is 9.10 Å². The third kappa shape index (κ3) is 2.68. The third-order valence-corrected chi connectivity index (χ3v) is 3.85. The minimum Gasteiger partial charge on any atom is -0.317 e. The first kappa shape index (κ1) is 13.3. The van der Waals surface area contributed by atoms with Gasteiger partial charge in [0.1, 0.15) is 6.54 Å². The van der Waals surface area contributed by atoms with Gasteiger partial charge in [-0.05, 0) is 27.7 Å². The molecule has 1 heterocycles. The van der Waals surface area contributed by atoms with Gasteiger partial charge in [0.25, 0.3) is 5.91 Å². The van der Waals surface area contributed by atoms with Crippen LogP contribution in [0.5, 0.6) is 0 Å². The number of likely N-dealkylation sites (N-methyl/N-ethyl adjacent to an activating group) is 1. The zero-order valence-corrected chi connectivity index (χ0v) is 11.2. The van der Waals surface area contributed by atoms with Crippen molar-refractivity contribution in [1.29, 1.82) is 0 Å². The van der Waals surface area contributed by atoms with E-state index in [9.17, 15) is 9.59 Å². The van der Waals surface area contributed by atoms with Crippen LogP contribution in [0, 0.1) is 0 Å². The van der Waals surface area contributed by atoms with Gasteiger partial charge in [0.05, 0.1) is 12.1 Å². The van der Waals surface area contributed by atoms with E-state index < -0.39 is 0 Å². The molecule has 0 aromatic rings. The Morgan fingerprint density at radius 1 is 1.19 bits per heavy atom. The molecule has 6 heteroatoms. The van der Waals surface area contributed by atoms with Crippen LogP contribution in [0.4, 0.5) is 4.79 Å². The lowest BCUT2D eigenvalue weighted by Crippen LogP contribution is -2.37. The fourth-order valence-corrected chi connectivity index (χ4v) is 2.48. The average molecular weight is 245 g/mol. The first-order valence-corrected chi connectivity index (χ1v) is 6.12. The van der Waals surface area contributed by atoms with Gasteiger partial charge in [-0.1, -0.05) is 0 Å². The van der Waals surface area contributed by atoms with Crippen LogP contribution in [-0.2, 0) is 4.79 Å². The molecule has 5 nitrogen and oxygen atoms in total. The topological polar surface area (TPSA) is 43.9 Å². The molecule has 1 saturated heterocycles.